The fourth-order valence-electron chi connectivity index (χ4n) is 2.59. The van der Waals surface area contributed by atoms with Crippen molar-refractivity contribution in [3.8, 4) is 0 Å². The van der Waals surface area contributed by atoms with Crippen LogP contribution in [0.1, 0.15) is 24.1 Å². The van der Waals surface area contributed by atoms with E-state index in [1.807, 2.05) is 6.07 Å². The van der Waals surface area contributed by atoms with E-state index >= 15 is 0 Å². The Morgan fingerprint density at radius 3 is 2.79 bits per heavy atom. The Morgan fingerprint density at radius 2 is 2.11 bits per heavy atom. The first-order valence-electron chi connectivity index (χ1n) is 6.91. The Balaban J connectivity index is 1.68. The summed E-state index contributed by atoms with van der Waals surface area (Å²) in [5.74, 6) is 0. The molecule has 1 aromatic carbocycles. The molecule has 0 bridgehead atoms. The summed E-state index contributed by atoms with van der Waals surface area (Å²) in [6, 6.07) is 8.66. The van der Waals surface area contributed by atoms with E-state index < -0.39 is 0 Å². The van der Waals surface area contributed by atoms with Gasteiger partial charge in [0, 0.05) is 30.7 Å². The lowest BCUT2D eigenvalue weighted by Crippen LogP contribution is -2.17. The lowest BCUT2D eigenvalue weighted by Gasteiger charge is -2.19. The van der Waals surface area contributed by atoms with Crippen LogP contribution < -0.4 is 10.2 Å². The number of hydrogen-bond donors (Lipinski definition) is 2. The second-order valence-electron chi connectivity index (χ2n) is 5.13. The summed E-state index contributed by atoms with van der Waals surface area (Å²) in [5, 5.41) is 10.4. The smallest absolute Gasteiger partial charge is 0.0567 e. The van der Waals surface area contributed by atoms with Crippen LogP contribution in [-0.2, 0) is 6.54 Å². The number of nitrogens with zero attached hydrogens (tertiary/aromatic N) is 2. The van der Waals surface area contributed by atoms with Crippen molar-refractivity contribution in [2.75, 3.05) is 23.3 Å². The van der Waals surface area contributed by atoms with Gasteiger partial charge in [-0.1, -0.05) is 0 Å². The second kappa shape index (κ2) is 5.34. The standard InChI is InChI=1S/C15H20N4/c1-12-10-14(19-8-2-3-9-19)4-5-15(12)16-11-13-6-7-17-18-13/h4-7,10,16H,2-3,8-9,11H2,1H3,(H,17,18). The highest BCUT2D eigenvalue weighted by Gasteiger charge is 2.12. The number of aromatic amines is 1. The molecule has 1 saturated heterocycles. The number of aryl methyl sites for hydroxylation is 1. The molecule has 0 radical (unpaired) electrons. The van der Waals surface area contributed by atoms with Crippen molar-refractivity contribution >= 4 is 11.4 Å². The molecular formula is C15H20N4. The Kier molecular flexibility index (Phi) is 3.40. The minimum absolute atomic E-state index is 0.782. The molecule has 19 heavy (non-hydrogen) atoms. The van der Waals surface area contributed by atoms with Gasteiger partial charge in [0.25, 0.3) is 0 Å². The van der Waals surface area contributed by atoms with Gasteiger partial charge in [0.05, 0.1) is 12.2 Å². The summed E-state index contributed by atoms with van der Waals surface area (Å²) in [7, 11) is 0. The normalized spacial score (nSPS) is 14.9. The van der Waals surface area contributed by atoms with Crippen LogP contribution in [0.2, 0.25) is 0 Å². The molecule has 100 valence electrons. The van der Waals surface area contributed by atoms with Crippen molar-refractivity contribution in [2.45, 2.75) is 26.3 Å². The highest BCUT2D eigenvalue weighted by atomic mass is 15.1. The molecule has 1 aromatic heterocycles. The highest BCUT2D eigenvalue weighted by molar-refractivity contribution is 5.60. The van der Waals surface area contributed by atoms with E-state index in [2.05, 4.69) is 45.5 Å². The van der Waals surface area contributed by atoms with Crippen LogP contribution in [0.25, 0.3) is 0 Å². The molecule has 0 amide bonds. The summed E-state index contributed by atoms with van der Waals surface area (Å²) in [5.41, 5.74) is 4.94. The number of nitrogens with one attached hydrogen (secondary N) is 2. The Labute approximate surface area is 113 Å². The summed E-state index contributed by atoms with van der Waals surface area (Å²) in [6.45, 7) is 5.33. The van der Waals surface area contributed by atoms with Crippen LogP contribution >= 0.6 is 0 Å². The number of H-pyrrole nitrogens is 1. The average Bonchev–Trinajstić information content (AvgIpc) is 3.10. The van der Waals surface area contributed by atoms with Crippen molar-refractivity contribution in [1.29, 1.82) is 0 Å². The maximum absolute atomic E-state index is 3.95. The van der Waals surface area contributed by atoms with E-state index in [9.17, 15) is 0 Å². The van der Waals surface area contributed by atoms with Gasteiger partial charge < -0.3 is 10.2 Å². The van der Waals surface area contributed by atoms with Crippen molar-refractivity contribution in [2.24, 2.45) is 0 Å². The number of aromatic nitrogens is 2. The van der Waals surface area contributed by atoms with Crippen LogP contribution in [0.15, 0.2) is 30.5 Å². The maximum atomic E-state index is 3.95. The summed E-state index contributed by atoms with van der Waals surface area (Å²) < 4.78 is 0. The van der Waals surface area contributed by atoms with Gasteiger partial charge in [-0.05, 0) is 49.6 Å². The van der Waals surface area contributed by atoms with Crippen LogP contribution in [0.3, 0.4) is 0 Å². The average molecular weight is 256 g/mol. The van der Waals surface area contributed by atoms with E-state index in [1.54, 1.807) is 6.20 Å². The van der Waals surface area contributed by atoms with Gasteiger partial charge in [0.1, 0.15) is 0 Å². The lowest BCUT2D eigenvalue weighted by molar-refractivity contribution is 0.949. The number of anilines is 2. The summed E-state index contributed by atoms with van der Waals surface area (Å²) in [4.78, 5) is 2.46. The highest BCUT2D eigenvalue weighted by Crippen LogP contribution is 2.25. The van der Waals surface area contributed by atoms with E-state index in [0.717, 1.165) is 12.2 Å². The van der Waals surface area contributed by atoms with Crippen molar-refractivity contribution in [3.63, 3.8) is 0 Å². The SMILES string of the molecule is Cc1cc(N2CCCC2)ccc1NCc1ccn[nH]1. The van der Waals surface area contributed by atoms with Gasteiger partial charge in [-0.3, -0.25) is 5.10 Å². The van der Waals surface area contributed by atoms with Gasteiger partial charge in [-0.15, -0.1) is 0 Å². The lowest BCUT2D eigenvalue weighted by atomic mass is 10.1. The molecule has 4 heteroatoms. The topological polar surface area (TPSA) is 44.0 Å². The Bertz CT molecular complexity index is 527. The van der Waals surface area contributed by atoms with Crippen LogP contribution in [0, 0.1) is 6.92 Å². The molecular weight excluding hydrogens is 236 g/mol. The molecule has 0 unspecified atom stereocenters. The number of hydrogen-bond acceptors (Lipinski definition) is 3. The third-order valence-electron chi connectivity index (χ3n) is 3.71. The van der Waals surface area contributed by atoms with Crippen LogP contribution in [0.5, 0.6) is 0 Å². The van der Waals surface area contributed by atoms with Gasteiger partial charge >= 0.3 is 0 Å². The summed E-state index contributed by atoms with van der Waals surface area (Å²) in [6.07, 6.45) is 4.41. The fourth-order valence-corrected chi connectivity index (χ4v) is 2.59. The number of rotatable bonds is 4. The van der Waals surface area contributed by atoms with Gasteiger partial charge in [0.2, 0.25) is 0 Å². The van der Waals surface area contributed by atoms with Gasteiger partial charge in [0.15, 0.2) is 0 Å². The maximum Gasteiger partial charge on any atom is 0.0567 e. The molecule has 3 rings (SSSR count). The molecule has 2 aromatic rings. The molecule has 1 aliphatic rings. The zero-order valence-corrected chi connectivity index (χ0v) is 11.3. The van der Waals surface area contributed by atoms with E-state index in [1.165, 1.54) is 42.9 Å². The monoisotopic (exact) mass is 256 g/mol. The minimum Gasteiger partial charge on any atom is -0.379 e. The molecule has 2 N–H and O–H groups in total. The van der Waals surface area contributed by atoms with E-state index in [4.69, 9.17) is 0 Å². The second-order valence-corrected chi connectivity index (χ2v) is 5.13. The first-order valence-corrected chi connectivity index (χ1v) is 6.91. The molecule has 2 heterocycles. The predicted molar refractivity (Wildman–Crippen MR) is 78.5 cm³/mol. The Morgan fingerprint density at radius 1 is 1.26 bits per heavy atom. The zero-order chi connectivity index (χ0) is 13.1. The first kappa shape index (κ1) is 12.1. The largest absolute Gasteiger partial charge is 0.379 e. The molecule has 1 fully saturated rings. The van der Waals surface area contributed by atoms with Crippen molar-refractivity contribution in [1.82, 2.24) is 10.2 Å². The van der Waals surface area contributed by atoms with Crippen LogP contribution in [0.4, 0.5) is 11.4 Å². The molecule has 0 atom stereocenters. The van der Waals surface area contributed by atoms with Gasteiger partial charge in [-0.2, -0.15) is 5.10 Å². The molecule has 0 aliphatic carbocycles. The van der Waals surface area contributed by atoms with E-state index in [-0.39, 0.29) is 0 Å². The molecule has 1 aliphatic heterocycles. The molecule has 4 nitrogen and oxygen atoms in total. The summed E-state index contributed by atoms with van der Waals surface area (Å²) >= 11 is 0. The fraction of sp³-hybridized carbons (Fsp3) is 0.400. The number of benzene rings is 1. The van der Waals surface area contributed by atoms with E-state index in [0.29, 0.717) is 0 Å². The third-order valence-corrected chi connectivity index (χ3v) is 3.71. The quantitative estimate of drug-likeness (QED) is 0.884. The third kappa shape index (κ3) is 2.72. The Hall–Kier alpha value is -1.97. The van der Waals surface area contributed by atoms with Gasteiger partial charge in [-0.25, -0.2) is 0 Å². The van der Waals surface area contributed by atoms with Crippen LogP contribution in [-0.4, -0.2) is 23.3 Å². The molecule has 0 saturated carbocycles. The zero-order valence-electron chi connectivity index (χ0n) is 11.3. The van der Waals surface area contributed by atoms with Crippen molar-refractivity contribution < 1.29 is 0 Å². The minimum atomic E-state index is 0.782. The first-order chi connectivity index (χ1) is 9.33. The molecule has 0 spiro atoms. The van der Waals surface area contributed by atoms with Crippen molar-refractivity contribution in [3.05, 3.63) is 41.7 Å². The predicted octanol–water partition coefficient (Wildman–Crippen LogP) is 2.93.